The van der Waals surface area contributed by atoms with Gasteiger partial charge >= 0.3 is 5.97 Å². The van der Waals surface area contributed by atoms with Crippen LogP contribution in [0.25, 0.3) is 0 Å². The maximum absolute atomic E-state index is 12.5. The van der Waals surface area contributed by atoms with E-state index in [9.17, 15) is 19.8 Å². The minimum atomic E-state index is -0.851. The molecule has 0 rings (SSSR count). The van der Waals surface area contributed by atoms with Gasteiger partial charge in [0.2, 0.25) is 5.91 Å². The number of allylic oxidation sites excluding steroid dienone is 3. The van der Waals surface area contributed by atoms with Crippen molar-refractivity contribution in [1.82, 2.24) is 5.32 Å². The Kier molecular flexibility index (Phi) is 56.5. The third kappa shape index (κ3) is 53.7. The number of nitrogens with one attached hydrogen (secondary N) is 1. The summed E-state index contributed by atoms with van der Waals surface area (Å²) in [7, 11) is 0. The van der Waals surface area contributed by atoms with E-state index in [1.54, 1.807) is 6.08 Å². The van der Waals surface area contributed by atoms with E-state index in [4.69, 9.17) is 4.74 Å². The van der Waals surface area contributed by atoms with Crippen LogP contribution in [0.5, 0.6) is 0 Å². The molecule has 68 heavy (non-hydrogen) atoms. The number of esters is 1. The van der Waals surface area contributed by atoms with Gasteiger partial charge in [-0.1, -0.05) is 289 Å². The number of rotatable bonds is 57. The normalized spacial score (nSPS) is 12.7. The number of aliphatic hydroxyl groups is 2. The highest BCUT2D eigenvalue weighted by molar-refractivity contribution is 5.76. The van der Waals surface area contributed by atoms with Gasteiger partial charge in [0.15, 0.2) is 0 Å². The fraction of sp³-hybridized carbons (Fsp3) is 0.903. The van der Waals surface area contributed by atoms with Crippen LogP contribution in [0.15, 0.2) is 24.3 Å². The molecule has 402 valence electrons. The fourth-order valence-electron chi connectivity index (χ4n) is 9.51. The lowest BCUT2D eigenvalue weighted by molar-refractivity contribution is -0.143. The van der Waals surface area contributed by atoms with Crippen molar-refractivity contribution in [2.75, 3.05) is 13.2 Å². The minimum absolute atomic E-state index is 0.00280. The zero-order valence-corrected chi connectivity index (χ0v) is 45.9. The topological polar surface area (TPSA) is 95.9 Å². The molecule has 0 aromatic heterocycles. The third-order valence-corrected chi connectivity index (χ3v) is 14.2. The summed E-state index contributed by atoms with van der Waals surface area (Å²) < 4.78 is 5.49. The number of amides is 1. The quantitative estimate of drug-likeness (QED) is 0.0321. The summed E-state index contributed by atoms with van der Waals surface area (Å²) >= 11 is 0. The summed E-state index contributed by atoms with van der Waals surface area (Å²) in [6.07, 6.45) is 70.6. The first-order valence-electron chi connectivity index (χ1n) is 30.6. The van der Waals surface area contributed by atoms with Crippen LogP contribution >= 0.6 is 0 Å². The Bertz CT molecular complexity index is 1060. The lowest BCUT2D eigenvalue weighted by Crippen LogP contribution is -2.45. The van der Waals surface area contributed by atoms with E-state index < -0.39 is 12.1 Å². The molecule has 0 aromatic rings. The average molecular weight is 959 g/mol. The third-order valence-electron chi connectivity index (χ3n) is 14.2. The summed E-state index contributed by atoms with van der Waals surface area (Å²) in [4.78, 5) is 24.6. The molecule has 2 atom stereocenters. The Morgan fingerprint density at radius 2 is 0.691 bits per heavy atom. The lowest BCUT2D eigenvalue weighted by atomic mass is 10.0. The molecule has 1 amide bonds. The zero-order chi connectivity index (χ0) is 49.3. The maximum atomic E-state index is 12.5. The number of hydrogen-bond donors (Lipinski definition) is 3. The van der Waals surface area contributed by atoms with Crippen LogP contribution in [0.4, 0.5) is 0 Å². The van der Waals surface area contributed by atoms with E-state index in [1.165, 1.54) is 257 Å². The lowest BCUT2D eigenvalue weighted by Gasteiger charge is -2.20. The number of carbonyl (C=O) groups excluding carboxylic acids is 2. The summed E-state index contributed by atoms with van der Waals surface area (Å²) in [6, 6.07) is -0.635. The monoisotopic (exact) mass is 958 g/mol. The molecule has 0 bridgehead atoms. The molecule has 0 aromatic carbocycles. The number of hydrogen-bond acceptors (Lipinski definition) is 5. The van der Waals surface area contributed by atoms with Crippen molar-refractivity contribution in [1.29, 1.82) is 0 Å². The molecular weight excluding hydrogens is 839 g/mol. The SMILES string of the molecule is CCCCCCCCC/C=C\CCCCCCCCCC(=O)OCCCCCCCCCCCCCCCCCC(=O)NC(CO)C(O)/C=C/CCCCCCCCCCCCCCCCCC. The first kappa shape index (κ1) is 66.3. The van der Waals surface area contributed by atoms with Gasteiger partial charge in [0, 0.05) is 12.8 Å². The van der Waals surface area contributed by atoms with Crippen LogP contribution in [0.3, 0.4) is 0 Å². The highest BCUT2D eigenvalue weighted by Crippen LogP contribution is 2.17. The average Bonchev–Trinajstić information content (AvgIpc) is 3.34. The second kappa shape index (κ2) is 57.9. The Labute approximate surface area is 424 Å². The van der Waals surface area contributed by atoms with Crippen molar-refractivity contribution in [2.45, 2.75) is 347 Å². The van der Waals surface area contributed by atoms with Crippen LogP contribution in [0, 0.1) is 0 Å². The predicted octanol–water partition coefficient (Wildman–Crippen LogP) is 19.0. The molecule has 6 nitrogen and oxygen atoms in total. The van der Waals surface area contributed by atoms with Crippen molar-refractivity contribution in [3.8, 4) is 0 Å². The Hall–Kier alpha value is -1.66. The fourth-order valence-corrected chi connectivity index (χ4v) is 9.51. The van der Waals surface area contributed by atoms with Crippen LogP contribution in [0.1, 0.15) is 335 Å². The molecule has 0 fully saturated rings. The van der Waals surface area contributed by atoms with Crippen molar-refractivity contribution < 1.29 is 24.5 Å². The van der Waals surface area contributed by atoms with E-state index in [-0.39, 0.29) is 18.5 Å². The van der Waals surface area contributed by atoms with Crippen LogP contribution < -0.4 is 5.32 Å². The van der Waals surface area contributed by atoms with Gasteiger partial charge in [0.25, 0.3) is 0 Å². The predicted molar refractivity (Wildman–Crippen MR) is 296 cm³/mol. The molecule has 2 unspecified atom stereocenters. The molecule has 0 heterocycles. The van der Waals surface area contributed by atoms with Crippen molar-refractivity contribution in [3.05, 3.63) is 24.3 Å². The zero-order valence-electron chi connectivity index (χ0n) is 45.9. The van der Waals surface area contributed by atoms with E-state index in [1.807, 2.05) is 6.08 Å². The second-order valence-corrected chi connectivity index (χ2v) is 21.0. The summed E-state index contributed by atoms with van der Waals surface area (Å²) in [5, 5.41) is 23.2. The smallest absolute Gasteiger partial charge is 0.305 e. The highest BCUT2D eigenvalue weighted by atomic mass is 16.5. The van der Waals surface area contributed by atoms with Gasteiger partial charge in [-0.3, -0.25) is 9.59 Å². The largest absolute Gasteiger partial charge is 0.466 e. The Balaban J connectivity index is 3.45. The first-order chi connectivity index (χ1) is 33.5. The van der Waals surface area contributed by atoms with Crippen LogP contribution in [-0.2, 0) is 14.3 Å². The molecule has 0 aliphatic heterocycles. The first-order valence-corrected chi connectivity index (χ1v) is 30.6. The molecular formula is C62H119NO5. The van der Waals surface area contributed by atoms with Gasteiger partial charge in [-0.15, -0.1) is 0 Å². The van der Waals surface area contributed by atoms with Gasteiger partial charge in [-0.25, -0.2) is 0 Å². The van der Waals surface area contributed by atoms with Gasteiger partial charge in [-0.05, 0) is 57.8 Å². The number of carbonyl (C=O) groups is 2. The van der Waals surface area contributed by atoms with Crippen molar-refractivity contribution >= 4 is 11.9 Å². The standard InChI is InChI=1S/C62H119NO5/c1-3-5-7-9-11-13-15-17-19-21-23-26-30-34-38-42-46-50-54-60(65)59(58-64)63-61(66)55-51-47-43-39-35-31-27-25-29-33-37-41-45-49-53-57-68-62(67)56-52-48-44-40-36-32-28-24-22-20-18-16-14-12-10-8-6-4-2/h20,22,50,54,59-60,64-65H,3-19,21,23-49,51-53,55-58H2,1-2H3,(H,63,66)/b22-20-,54-50+. The summed E-state index contributed by atoms with van der Waals surface area (Å²) in [5.74, 6) is -0.0769. The molecule has 0 saturated carbocycles. The van der Waals surface area contributed by atoms with E-state index in [0.717, 1.165) is 51.4 Å². The van der Waals surface area contributed by atoms with Crippen molar-refractivity contribution in [3.63, 3.8) is 0 Å². The van der Waals surface area contributed by atoms with Gasteiger partial charge < -0.3 is 20.3 Å². The molecule has 0 aliphatic rings. The van der Waals surface area contributed by atoms with Crippen molar-refractivity contribution in [2.24, 2.45) is 0 Å². The Morgan fingerprint density at radius 3 is 1.04 bits per heavy atom. The molecule has 0 spiro atoms. The highest BCUT2D eigenvalue weighted by Gasteiger charge is 2.18. The summed E-state index contributed by atoms with van der Waals surface area (Å²) in [6.45, 7) is 4.90. The number of aliphatic hydroxyl groups excluding tert-OH is 2. The van der Waals surface area contributed by atoms with Crippen LogP contribution in [0.2, 0.25) is 0 Å². The number of ether oxygens (including phenoxy) is 1. The Morgan fingerprint density at radius 1 is 0.397 bits per heavy atom. The van der Waals surface area contributed by atoms with Gasteiger partial charge in [0.05, 0.1) is 25.4 Å². The molecule has 0 saturated heterocycles. The van der Waals surface area contributed by atoms with E-state index in [2.05, 4.69) is 31.3 Å². The molecule has 0 aliphatic carbocycles. The van der Waals surface area contributed by atoms with Gasteiger partial charge in [-0.2, -0.15) is 0 Å². The molecule has 3 N–H and O–H groups in total. The summed E-state index contributed by atoms with van der Waals surface area (Å²) in [5.41, 5.74) is 0. The minimum Gasteiger partial charge on any atom is -0.466 e. The van der Waals surface area contributed by atoms with Crippen LogP contribution in [-0.4, -0.2) is 47.4 Å². The second-order valence-electron chi connectivity index (χ2n) is 21.0. The van der Waals surface area contributed by atoms with E-state index in [0.29, 0.717) is 19.4 Å². The van der Waals surface area contributed by atoms with E-state index >= 15 is 0 Å². The number of unbranched alkanes of at least 4 members (excludes halogenated alkanes) is 44. The molecule has 6 heteroatoms. The molecule has 0 radical (unpaired) electrons. The maximum Gasteiger partial charge on any atom is 0.305 e. The van der Waals surface area contributed by atoms with Gasteiger partial charge in [0.1, 0.15) is 0 Å².